The zero-order chi connectivity index (χ0) is 20.6. The van der Waals surface area contributed by atoms with Crippen LogP contribution >= 0.6 is 0 Å². The average Bonchev–Trinajstić information content (AvgIpc) is 3.41. The first-order valence-corrected chi connectivity index (χ1v) is 9.43. The summed E-state index contributed by atoms with van der Waals surface area (Å²) in [4.78, 5) is 20.5. The van der Waals surface area contributed by atoms with Crippen LogP contribution in [0, 0.1) is 12.8 Å². The van der Waals surface area contributed by atoms with Gasteiger partial charge in [0.05, 0.1) is 17.4 Å². The lowest BCUT2D eigenvalue weighted by Crippen LogP contribution is -2.14. The van der Waals surface area contributed by atoms with E-state index in [9.17, 15) is 18.0 Å². The topological polar surface area (TPSA) is 72.7 Å². The molecule has 0 atom stereocenters. The van der Waals surface area contributed by atoms with Gasteiger partial charge in [0.25, 0.3) is 0 Å². The van der Waals surface area contributed by atoms with E-state index < -0.39 is 12.6 Å². The largest absolute Gasteiger partial charge is 0.389 e. The standard InChI is InChI=1S/C20H20F3N5O/c1-12-8-13(9-25-16(12)4-6-20(21,22)23)10-28-11-15-17(27-28)5-7-24-18(15)26-19(29)14-2-3-14/h5,7-9,11,14H,2-4,6,10H2,1H3,(H,24,26,29). The highest BCUT2D eigenvalue weighted by Crippen LogP contribution is 2.31. The molecule has 6 nitrogen and oxygen atoms in total. The van der Waals surface area contributed by atoms with E-state index in [4.69, 9.17) is 0 Å². The number of carbonyl (C=O) groups is 1. The molecule has 3 aromatic heterocycles. The van der Waals surface area contributed by atoms with Crippen molar-refractivity contribution in [2.24, 2.45) is 5.92 Å². The van der Waals surface area contributed by atoms with Crippen LogP contribution in [0.15, 0.2) is 30.7 Å². The lowest BCUT2D eigenvalue weighted by atomic mass is 10.1. The third-order valence-corrected chi connectivity index (χ3v) is 4.90. The Bertz CT molecular complexity index is 1060. The summed E-state index contributed by atoms with van der Waals surface area (Å²) in [5.74, 6) is 0.543. The van der Waals surface area contributed by atoms with Crippen LogP contribution in [0.4, 0.5) is 19.0 Å². The summed E-state index contributed by atoms with van der Waals surface area (Å²) in [5, 5.41) is 8.11. The van der Waals surface area contributed by atoms with Crippen LogP contribution in [0.5, 0.6) is 0 Å². The molecular formula is C20H20F3N5O. The van der Waals surface area contributed by atoms with Gasteiger partial charge in [0.15, 0.2) is 0 Å². The number of aryl methyl sites for hydroxylation is 2. The Kier molecular flexibility index (Phi) is 4.97. The molecule has 1 aliphatic rings. The number of nitrogens with one attached hydrogen (secondary N) is 1. The molecule has 0 saturated heterocycles. The van der Waals surface area contributed by atoms with Gasteiger partial charge in [-0.15, -0.1) is 0 Å². The zero-order valence-corrected chi connectivity index (χ0v) is 15.8. The number of anilines is 1. The van der Waals surface area contributed by atoms with E-state index in [1.54, 1.807) is 36.3 Å². The van der Waals surface area contributed by atoms with Crippen LogP contribution in [-0.2, 0) is 17.8 Å². The van der Waals surface area contributed by atoms with Gasteiger partial charge in [-0.25, -0.2) is 4.98 Å². The fourth-order valence-electron chi connectivity index (χ4n) is 3.20. The van der Waals surface area contributed by atoms with Crippen molar-refractivity contribution in [3.05, 3.63) is 47.5 Å². The Labute approximate surface area is 165 Å². The molecule has 152 valence electrons. The molecule has 0 spiro atoms. The maximum atomic E-state index is 12.4. The van der Waals surface area contributed by atoms with Crippen molar-refractivity contribution >= 4 is 22.6 Å². The second-order valence-electron chi connectivity index (χ2n) is 7.40. The molecular weight excluding hydrogens is 383 g/mol. The summed E-state index contributed by atoms with van der Waals surface area (Å²) < 4.78 is 39.0. The Morgan fingerprint density at radius 1 is 1.31 bits per heavy atom. The van der Waals surface area contributed by atoms with Gasteiger partial charge in [0.2, 0.25) is 5.91 Å². The molecule has 9 heteroatoms. The van der Waals surface area contributed by atoms with E-state index in [2.05, 4.69) is 20.4 Å². The highest BCUT2D eigenvalue weighted by molar-refractivity contribution is 6.00. The molecule has 3 heterocycles. The van der Waals surface area contributed by atoms with Gasteiger partial charge < -0.3 is 5.32 Å². The van der Waals surface area contributed by atoms with E-state index in [1.165, 1.54) is 0 Å². The van der Waals surface area contributed by atoms with Crippen LogP contribution in [0.25, 0.3) is 10.9 Å². The average molecular weight is 403 g/mol. The number of hydrogen-bond donors (Lipinski definition) is 1. The SMILES string of the molecule is Cc1cc(Cn2cc3c(NC(=O)C4CC4)nccc3n2)cnc1CCC(F)(F)F. The van der Waals surface area contributed by atoms with Crippen LogP contribution in [-0.4, -0.2) is 31.8 Å². The fourth-order valence-corrected chi connectivity index (χ4v) is 3.20. The minimum absolute atomic E-state index is 0.0213. The molecule has 0 unspecified atom stereocenters. The van der Waals surface area contributed by atoms with E-state index >= 15 is 0 Å². The summed E-state index contributed by atoms with van der Waals surface area (Å²) >= 11 is 0. The molecule has 1 fully saturated rings. The number of hydrogen-bond acceptors (Lipinski definition) is 4. The third-order valence-electron chi connectivity index (χ3n) is 4.90. The predicted octanol–water partition coefficient (Wildman–Crippen LogP) is 4.03. The molecule has 1 saturated carbocycles. The van der Waals surface area contributed by atoms with Gasteiger partial charge in [-0.3, -0.25) is 14.5 Å². The van der Waals surface area contributed by atoms with Gasteiger partial charge in [-0.1, -0.05) is 6.07 Å². The van der Waals surface area contributed by atoms with Crippen molar-refractivity contribution in [2.45, 2.75) is 45.3 Å². The molecule has 1 aliphatic carbocycles. The number of pyridine rings is 2. The van der Waals surface area contributed by atoms with Crippen molar-refractivity contribution in [3.8, 4) is 0 Å². The summed E-state index contributed by atoms with van der Waals surface area (Å²) in [5.41, 5.74) is 2.72. The first kappa shape index (κ1) is 19.4. The van der Waals surface area contributed by atoms with Crippen LogP contribution in [0.1, 0.15) is 36.1 Å². The normalized spacial score (nSPS) is 14.3. The lowest BCUT2D eigenvalue weighted by Gasteiger charge is -2.09. The summed E-state index contributed by atoms with van der Waals surface area (Å²) in [6.07, 6.45) is 1.60. The summed E-state index contributed by atoms with van der Waals surface area (Å²) in [7, 11) is 0. The molecule has 1 N–H and O–H groups in total. The van der Waals surface area contributed by atoms with Gasteiger partial charge in [-0.2, -0.15) is 18.3 Å². The van der Waals surface area contributed by atoms with Crippen molar-refractivity contribution in [1.82, 2.24) is 19.7 Å². The van der Waals surface area contributed by atoms with Crippen molar-refractivity contribution in [2.75, 3.05) is 5.32 Å². The Morgan fingerprint density at radius 2 is 2.10 bits per heavy atom. The maximum absolute atomic E-state index is 12.4. The number of rotatable bonds is 6. The van der Waals surface area contributed by atoms with E-state index in [1.807, 2.05) is 6.07 Å². The van der Waals surface area contributed by atoms with Crippen LogP contribution in [0.3, 0.4) is 0 Å². The number of aromatic nitrogens is 4. The van der Waals surface area contributed by atoms with Crippen molar-refractivity contribution < 1.29 is 18.0 Å². The van der Waals surface area contributed by atoms with Crippen LogP contribution in [0.2, 0.25) is 0 Å². The second kappa shape index (κ2) is 7.46. The molecule has 4 rings (SSSR count). The van der Waals surface area contributed by atoms with Crippen molar-refractivity contribution in [3.63, 3.8) is 0 Å². The summed E-state index contributed by atoms with van der Waals surface area (Å²) in [6, 6.07) is 3.60. The number of nitrogens with zero attached hydrogens (tertiary/aromatic N) is 4. The van der Waals surface area contributed by atoms with Crippen molar-refractivity contribution in [1.29, 1.82) is 0 Å². The first-order valence-electron chi connectivity index (χ1n) is 9.43. The molecule has 3 aromatic rings. The molecule has 0 bridgehead atoms. The highest BCUT2D eigenvalue weighted by atomic mass is 19.4. The third kappa shape index (κ3) is 4.72. The van der Waals surface area contributed by atoms with Crippen LogP contribution < -0.4 is 5.32 Å². The number of halogens is 3. The lowest BCUT2D eigenvalue weighted by molar-refractivity contribution is -0.134. The Morgan fingerprint density at radius 3 is 2.79 bits per heavy atom. The molecule has 1 amide bonds. The van der Waals surface area contributed by atoms with Gasteiger partial charge in [-0.05, 0) is 43.4 Å². The van der Waals surface area contributed by atoms with E-state index in [-0.39, 0.29) is 18.2 Å². The summed E-state index contributed by atoms with van der Waals surface area (Å²) in [6.45, 7) is 2.18. The second-order valence-corrected chi connectivity index (χ2v) is 7.40. The van der Waals surface area contributed by atoms with Gasteiger partial charge in [0, 0.05) is 36.6 Å². The fraction of sp³-hybridized carbons (Fsp3) is 0.400. The molecule has 0 radical (unpaired) electrons. The van der Waals surface area contributed by atoms with Gasteiger partial charge >= 0.3 is 6.18 Å². The first-order chi connectivity index (χ1) is 13.8. The smallest absolute Gasteiger partial charge is 0.310 e. The molecule has 29 heavy (non-hydrogen) atoms. The minimum atomic E-state index is -4.19. The van der Waals surface area contributed by atoms with E-state index in [0.29, 0.717) is 23.6 Å². The Hall–Kier alpha value is -2.97. The number of fused-ring (bicyclic) bond motifs is 1. The molecule has 0 aromatic carbocycles. The predicted molar refractivity (Wildman–Crippen MR) is 101 cm³/mol. The number of carbonyl (C=O) groups excluding carboxylic acids is 1. The maximum Gasteiger partial charge on any atom is 0.389 e. The van der Waals surface area contributed by atoms with Gasteiger partial charge in [0.1, 0.15) is 5.82 Å². The number of alkyl halides is 3. The Balaban J connectivity index is 1.50. The minimum Gasteiger partial charge on any atom is -0.310 e. The van der Waals surface area contributed by atoms with E-state index in [0.717, 1.165) is 29.4 Å². The zero-order valence-electron chi connectivity index (χ0n) is 15.8. The highest BCUT2D eigenvalue weighted by Gasteiger charge is 2.30. The molecule has 0 aliphatic heterocycles. The number of amides is 1. The quantitative estimate of drug-likeness (QED) is 0.675. The monoisotopic (exact) mass is 403 g/mol.